The van der Waals surface area contributed by atoms with Crippen molar-refractivity contribution in [3.05, 3.63) is 45.9 Å². The van der Waals surface area contributed by atoms with Crippen LogP contribution in [0.1, 0.15) is 29.3 Å². The first-order chi connectivity index (χ1) is 9.79. The molecule has 102 valence electrons. The Morgan fingerprint density at radius 2 is 2.30 bits per heavy atom. The van der Waals surface area contributed by atoms with Crippen molar-refractivity contribution in [1.82, 2.24) is 9.97 Å². The van der Waals surface area contributed by atoms with E-state index in [4.69, 9.17) is 0 Å². The van der Waals surface area contributed by atoms with Crippen LogP contribution in [0.4, 0.5) is 10.3 Å². The van der Waals surface area contributed by atoms with Crippen LogP contribution >= 0.6 is 11.3 Å². The number of anilines is 1. The van der Waals surface area contributed by atoms with Crippen LogP contribution in [0.15, 0.2) is 29.6 Å². The molecule has 2 N–H and O–H groups in total. The Balaban J connectivity index is 1.65. The SMILES string of the molecule is Fc1ccc2nc(NC3CCCc4sccc43)[nH]c2c1. The summed E-state index contributed by atoms with van der Waals surface area (Å²) in [7, 11) is 0. The highest BCUT2D eigenvalue weighted by Crippen LogP contribution is 2.35. The van der Waals surface area contributed by atoms with E-state index in [1.165, 1.54) is 35.4 Å². The van der Waals surface area contributed by atoms with E-state index in [9.17, 15) is 4.39 Å². The molecule has 1 aliphatic rings. The van der Waals surface area contributed by atoms with Crippen molar-refractivity contribution in [2.45, 2.75) is 25.3 Å². The lowest BCUT2D eigenvalue weighted by molar-refractivity contribution is 0.605. The zero-order chi connectivity index (χ0) is 13.5. The predicted octanol–water partition coefficient (Wildman–Crippen LogP) is 4.25. The summed E-state index contributed by atoms with van der Waals surface area (Å²) >= 11 is 1.83. The lowest BCUT2D eigenvalue weighted by Crippen LogP contribution is -2.16. The Hall–Kier alpha value is -1.88. The summed E-state index contributed by atoms with van der Waals surface area (Å²) in [6.45, 7) is 0. The highest BCUT2D eigenvalue weighted by molar-refractivity contribution is 7.10. The van der Waals surface area contributed by atoms with E-state index in [1.807, 2.05) is 11.3 Å². The number of fused-ring (bicyclic) bond motifs is 2. The van der Waals surface area contributed by atoms with E-state index in [-0.39, 0.29) is 5.82 Å². The van der Waals surface area contributed by atoms with Gasteiger partial charge in [0.05, 0.1) is 17.1 Å². The summed E-state index contributed by atoms with van der Waals surface area (Å²) in [6.07, 6.45) is 3.48. The number of hydrogen-bond donors (Lipinski definition) is 2. The number of nitrogens with zero attached hydrogens (tertiary/aromatic N) is 1. The van der Waals surface area contributed by atoms with Crippen LogP contribution in [0.5, 0.6) is 0 Å². The fourth-order valence-corrected chi connectivity index (χ4v) is 3.84. The van der Waals surface area contributed by atoms with Gasteiger partial charge in [0.25, 0.3) is 0 Å². The highest BCUT2D eigenvalue weighted by Gasteiger charge is 2.21. The first-order valence-electron chi connectivity index (χ1n) is 6.78. The standard InChI is InChI=1S/C15H14FN3S/c16-9-4-5-12-13(8-9)19-15(18-12)17-11-2-1-3-14-10(11)6-7-20-14/h4-8,11H,1-3H2,(H2,17,18,19). The fourth-order valence-electron chi connectivity index (χ4n) is 2.85. The molecule has 1 atom stereocenters. The lowest BCUT2D eigenvalue weighted by Gasteiger charge is -2.23. The zero-order valence-electron chi connectivity index (χ0n) is 10.8. The van der Waals surface area contributed by atoms with Gasteiger partial charge in [-0.2, -0.15) is 0 Å². The van der Waals surface area contributed by atoms with Gasteiger partial charge in [0.2, 0.25) is 5.95 Å². The van der Waals surface area contributed by atoms with E-state index in [1.54, 1.807) is 6.07 Å². The number of aryl methyl sites for hydroxylation is 1. The van der Waals surface area contributed by atoms with Crippen molar-refractivity contribution in [2.24, 2.45) is 0 Å². The van der Waals surface area contributed by atoms with Gasteiger partial charge < -0.3 is 10.3 Å². The number of benzene rings is 1. The minimum atomic E-state index is -0.245. The van der Waals surface area contributed by atoms with E-state index in [2.05, 4.69) is 26.7 Å². The Labute approximate surface area is 119 Å². The summed E-state index contributed by atoms with van der Waals surface area (Å²) in [5.74, 6) is 0.472. The van der Waals surface area contributed by atoms with Crippen LogP contribution < -0.4 is 5.32 Å². The molecule has 3 aromatic rings. The molecule has 0 fully saturated rings. The summed E-state index contributed by atoms with van der Waals surface area (Å²) < 4.78 is 13.2. The number of aromatic nitrogens is 2. The predicted molar refractivity (Wildman–Crippen MR) is 79.7 cm³/mol. The second-order valence-electron chi connectivity index (χ2n) is 5.14. The maximum Gasteiger partial charge on any atom is 0.201 e. The second-order valence-corrected chi connectivity index (χ2v) is 6.14. The average Bonchev–Trinajstić information content (AvgIpc) is 3.04. The van der Waals surface area contributed by atoms with Crippen molar-refractivity contribution in [2.75, 3.05) is 5.32 Å². The van der Waals surface area contributed by atoms with Crippen LogP contribution in [-0.2, 0) is 6.42 Å². The third-order valence-corrected chi connectivity index (χ3v) is 4.80. The summed E-state index contributed by atoms with van der Waals surface area (Å²) in [6, 6.07) is 7.10. The molecule has 1 unspecified atom stereocenters. The first kappa shape index (κ1) is 11.9. The largest absolute Gasteiger partial charge is 0.349 e. The van der Waals surface area contributed by atoms with E-state index in [0.29, 0.717) is 6.04 Å². The van der Waals surface area contributed by atoms with Gasteiger partial charge in [0.1, 0.15) is 5.82 Å². The number of imidazole rings is 1. The molecule has 2 aromatic heterocycles. The first-order valence-corrected chi connectivity index (χ1v) is 7.65. The van der Waals surface area contributed by atoms with Gasteiger partial charge in [-0.1, -0.05) is 0 Å². The maximum absolute atomic E-state index is 13.2. The average molecular weight is 287 g/mol. The van der Waals surface area contributed by atoms with Gasteiger partial charge in [-0.15, -0.1) is 11.3 Å². The number of aromatic amines is 1. The molecule has 3 nitrogen and oxygen atoms in total. The van der Waals surface area contributed by atoms with Crippen LogP contribution in [0.2, 0.25) is 0 Å². The number of nitrogens with one attached hydrogen (secondary N) is 2. The second kappa shape index (κ2) is 4.59. The van der Waals surface area contributed by atoms with Gasteiger partial charge in [0.15, 0.2) is 0 Å². The molecule has 20 heavy (non-hydrogen) atoms. The Morgan fingerprint density at radius 1 is 1.35 bits per heavy atom. The molecule has 0 saturated carbocycles. The molecule has 4 rings (SSSR count). The molecular weight excluding hydrogens is 273 g/mol. The molecular formula is C15H14FN3S. The molecule has 1 aromatic carbocycles. The third-order valence-electron chi connectivity index (χ3n) is 3.81. The molecule has 0 radical (unpaired) electrons. The lowest BCUT2D eigenvalue weighted by atomic mass is 9.94. The summed E-state index contributed by atoms with van der Waals surface area (Å²) in [4.78, 5) is 9.09. The minimum absolute atomic E-state index is 0.245. The molecule has 0 aliphatic heterocycles. The molecule has 0 spiro atoms. The topological polar surface area (TPSA) is 40.7 Å². The molecule has 0 saturated heterocycles. The maximum atomic E-state index is 13.2. The number of halogens is 1. The molecule has 2 heterocycles. The van der Waals surface area contributed by atoms with E-state index in [0.717, 1.165) is 23.4 Å². The van der Waals surface area contributed by atoms with Gasteiger partial charge in [0, 0.05) is 4.88 Å². The zero-order valence-corrected chi connectivity index (χ0v) is 11.6. The van der Waals surface area contributed by atoms with Crippen molar-refractivity contribution >= 4 is 28.3 Å². The van der Waals surface area contributed by atoms with Gasteiger partial charge >= 0.3 is 0 Å². The van der Waals surface area contributed by atoms with Crippen LogP contribution in [-0.4, -0.2) is 9.97 Å². The van der Waals surface area contributed by atoms with Crippen LogP contribution in [0.25, 0.3) is 11.0 Å². The smallest absolute Gasteiger partial charge is 0.201 e. The Bertz CT molecular complexity index is 761. The number of rotatable bonds is 2. The van der Waals surface area contributed by atoms with Crippen LogP contribution in [0, 0.1) is 5.82 Å². The minimum Gasteiger partial charge on any atom is -0.349 e. The summed E-state index contributed by atoms with van der Waals surface area (Å²) in [5.41, 5.74) is 2.90. The van der Waals surface area contributed by atoms with Gasteiger partial charge in [-0.25, -0.2) is 9.37 Å². The third kappa shape index (κ3) is 1.98. The molecule has 0 bridgehead atoms. The Kier molecular flexibility index (Phi) is 2.73. The van der Waals surface area contributed by atoms with Crippen molar-refractivity contribution in [3.63, 3.8) is 0 Å². The van der Waals surface area contributed by atoms with Crippen molar-refractivity contribution in [1.29, 1.82) is 0 Å². The van der Waals surface area contributed by atoms with E-state index < -0.39 is 0 Å². The number of hydrogen-bond acceptors (Lipinski definition) is 3. The fraction of sp³-hybridized carbons (Fsp3) is 0.267. The molecule has 0 amide bonds. The molecule has 5 heteroatoms. The van der Waals surface area contributed by atoms with Crippen molar-refractivity contribution < 1.29 is 4.39 Å². The van der Waals surface area contributed by atoms with Crippen LogP contribution in [0.3, 0.4) is 0 Å². The summed E-state index contributed by atoms with van der Waals surface area (Å²) in [5, 5.41) is 5.60. The van der Waals surface area contributed by atoms with E-state index >= 15 is 0 Å². The number of thiophene rings is 1. The normalized spacial score (nSPS) is 18.1. The van der Waals surface area contributed by atoms with Gasteiger partial charge in [-0.05, 0) is 54.5 Å². The quantitative estimate of drug-likeness (QED) is 0.739. The van der Waals surface area contributed by atoms with Gasteiger partial charge in [-0.3, -0.25) is 0 Å². The number of H-pyrrole nitrogens is 1. The monoisotopic (exact) mass is 287 g/mol. The Morgan fingerprint density at radius 3 is 3.25 bits per heavy atom. The highest BCUT2D eigenvalue weighted by atomic mass is 32.1. The molecule has 1 aliphatic carbocycles. The van der Waals surface area contributed by atoms with Crippen molar-refractivity contribution in [3.8, 4) is 0 Å².